The van der Waals surface area contributed by atoms with Gasteiger partial charge in [-0.05, 0) is 19.1 Å². The lowest BCUT2D eigenvalue weighted by Gasteiger charge is -1.97. The summed E-state index contributed by atoms with van der Waals surface area (Å²) in [6.45, 7) is 1.50. The molecule has 0 fully saturated rings. The molecule has 9 heteroatoms. The van der Waals surface area contributed by atoms with Crippen LogP contribution in [0.1, 0.15) is 15.9 Å². The van der Waals surface area contributed by atoms with Crippen LogP contribution in [0, 0.1) is 17.0 Å². The average Bonchev–Trinajstić information content (AvgIpc) is 2.13. The van der Waals surface area contributed by atoms with E-state index in [4.69, 9.17) is 9.66 Å². The Hall–Kier alpha value is -2.00. The fraction of sp³-hybridized carbons (Fsp3) is 0.222. The van der Waals surface area contributed by atoms with E-state index in [0.717, 1.165) is 0 Å². The van der Waals surface area contributed by atoms with Gasteiger partial charge in [-0.15, -0.1) is 0 Å². The highest BCUT2D eigenvalue weighted by molar-refractivity contribution is 7.85. The second-order valence-corrected chi connectivity index (χ2v) is 4.76. The molecule has 0 aliphatic rings. The van der Waals surface area contributed by atoms with Crippen LogP contribution in [-0.4, -0.2) is 35.2 Å². The van der Waals surface area contributed by atoms with E-state index < -0.39 is 21.0 Å². The Morgan fingerprint density at radius 2 is 1.83 bits per heavy atom. The van der Waals surface area contributed by atoms with Gasteiger partial charge in [-0.1, -0.05) is 0 Å². The molecule has 0 atom stereocenters. The first-order valence-electron chi connectivity index (χ1n) is 4.43. The van der Waals surface area contributed by atoms with Gasteiger partial charge in [0.05, 0.1) is 16.7 Å². The lowest BCUT2D eigenvalue weighted by Crippen LogP contribution is -1.98. The van der Waals surface area contributed by atoms with Gasteiger partial charge in [-0.25, -0.2) is 4.79 Å². The third-order valence-electron chi connectivity index (χ3n) is 1.64. The second-order valence-electron chi connectivity index (χ2n) is 3.30. The standard InChI is InChI=1S/C8H7NO4.CH4O3S/c1-5-4-6(8(10)11)2-3-7(5)9(12)13;1-5(2,3)4/h2-4H,1H3,(H,10,11);1H3,(H,2,3,4). The van der Waals surface area contributed by atoms with Gasteiger partial charge >= 0.3 is 5.97 Å². The third-order valence-corrected chi connectivity index (χ3v) is 1.64. The summed E-state index contributed by atoms with van der Waals surface area (Å²) in [5.41, 5.74) is 0.345. The molecule has 0 unspecified atom stereocenters. The second kappa shape index (κ2) is 6.07. The van der Waals surface area contributed by atoms with Crippen LogP contribution < -0.4 is 0 Å². The molecule has 1 aromatic rings. The molecule has 0 aliphatic carbocycles. The van der Waals surface area contributed by atoms with Crippen molar-refractivity contribution in [1.29, 1.82) is 0 Å². The number of nitro benzene ring substituents is 1. The van der Waals surface area contributed by atoms with Gasteiger partial charge in [-0.2, -0.15) is 8.42 Å². The first kappa shape index (κ1) is 16.0. The van der Waals surface area contributed by atoms with E-state index in [2.05, 4.69) is 0 Å². The zero-order valence-corrected chi connectivity index (χ0v) is 10.3. The molecule has 0 heterocycles. The number of aryl methyl sites for hydroxylation is 1. The Kier molecular flexibility index (Phi) is 5.40. The molecule has 100 valence electrons. The van der Waals surface area contributed by atoms with E-state index in [0.29, 0.717) is 11.8 Å². The number of carbonyl (C=O) groups is 1. The van der Waals surface area contributed by atoms with Crippen molar-refractivity contribution in [3.63, 3.8) is 0 Å². The van der Waals surface area contributed by atoms with E-state index in [-0.39, 0.29) is 11.3 Å². The molecule has 0 bridgehead atoms. The molecule has 0 radical (unpaired) electrons. The van der Waals surface area contributed by atoms with Crippen molar-refractivity contribution in [2.75, 3.05) is 6.26 Å². The van der Waals surface area contributed by atoms with Crippen LogP contribution in [0.3, 0.4) is 0 Å². The highest BCUT2D eigenvalue weighted by atomic mass is 32.2. The number of hydrogen-bond donors (Lipinski definition) is 2. The number of aromatic carboxylic acids is 1. The number of nitro groups is 1. The van der Waals surface area contributed by atoms with Crippen LogP contribution in [-0.2, 0) is 10.1 Å². The van der Waals surface area contributed by atoms with Gasteiger partial charge in [0, 0.05) is 11.6 Å². The molecule has 0 spiro atoms. The summed E-state index contributed by atoms with van der Waals surface area (Å²) in [6, 6.07) is 3.69. The molecule has 0 aliphatic heterocycles. The van der Waals surface area contributed by atoms with Crippen molar-refractivity contribution in [1.82, 2.24) is 0 Å². The number of nitrogens with zero attached hydrogens (tertiary/aromatic N) is 1. The summed E-state index contributed by atoms with van der Waals surface area (Å²) in [6.07, 6.45) is 0.715. The zero-order chi connectivity index (χ0) is 14.5. The first-order valence-corrected chi connectivity index (χ1v) is 6.28. The van der Waals surface area contributed by atoms with Crippen molar-refractivity contribution in [2.24, 2.45) is 0 Å². The summed E-state index contributed by atoms with van der Waals surface area (Å²) in [7, 11) is -3.67. The minimum absolute atomic E-state index is 0.0584. The molecular weight excluding hydrogens is 266 g/mol. The van der Waals surface area contributed by atoms with Gasteiger partial charge in [0.1, 0.15) is 0 Å². The topological polar surface area (TPSA) is 135 Å². The molecule has 2 N–H and O–H groups in total. The van der Waals surface area contributed by atoms with Gasteiger partial charge < -0.3 is 5.11 Å². The fourth-order valence-electron chi connectivity index (χ4n) is 0.993. The maximum atomic E-state index is 10.5. The largest absolute Gasteiger partial charge is 0.478 e. The smallest absolute Gasteiger partial charge is 0.335 e. The normalized spacial score (nSPS) is 10.2. The van der Waals surface area contributed by atoms with Crippen molar-refractivity contribution in [2.45, 2.75) is 6.92 Å². The molecular formula is C9H11NO7S. The molecule has 18 heavy (non-hydrogen) atoms. The van der Waals surface area contributed by atoms with Crippen LogP contribution in [0.25, 0.3) is 0 Å². The Morgan fingerprint density at radius 3 is 2.11 bits per heavy atom. The van der Waals surface area contributed by atoms with E-state index in [1.165, 1.54) is 25.1 Å². The lowest BCUT2D eigenvalue weighted by molar-refractivity contribution is -0.385. The number of carboxylic acid groups (broad SMARTS) is 1. The maximum absolute atomic E-state index is 10.5. The summed E-state index contributed by atoms with van der Waals surface area (Å²) < 4.78 is 25.9. The Morgan fingerprint density at radius 1 is 1.39 bits per heavy atom. The van der Waals surface area contributed by atoms with Gasteiger partial charge in [-0.3, -0.25) is 14.7 Å². The van der Waals surface area contributed by atoms with Gasteiger partial charge in [0.25, 0.3) is 15.8 Å². The number of carboxylic acids is 1. The summed E-state index contributed by atoms with van der Waals surface area (Å²) in [4.78, 5) is 20.3. The highest BCUT2D eigenvalue weighted by Gasteiger charge is 2.12. The van der Waals surface area contributed by atoms with E-state index in [1.54, 1.807) is 0 Å². The van der Waals surface area contributed by atoms with Gasteiger partial charge in [0.2, 0.25) is 0 Å². The average molecular weight is 277 g/mol. The molecule has 0 aromatic heterocycles. The van der Waals surface area contributed by atoms with Crippen molar-refractivity contribution in [3.8, 4) is 0 Å². The van der Waals surface area contributed by atoms with Crippen LogP contribution >= 0.6 is 0 Å². The summed E-state index contributed by atoms with van der Waals surface area (Å²) in [5, 5.41) is 18.9. The molecule has 0 saturated heterocycles. The monoisotopic (exact) mass is 277 g/mol. The number of benzene rings is 1. The fourth-order valence-corrected chi connectivity index (χ4v) is 0.993. The molecule has 1 rings (SSSR count). The van der Waals surface area contributed by atoms with Crippen LogP contribution in [0.15, 0.2) is 18.2 Å². The highest BCUT2D eigenvalue weighted by Crippen LogP contribution is 2.18. The van der Waals surface area contributed by atoms with Gasteiger partial charge in [0.15, 0.2) is 0 Å². The molecule has 1 aromatic carbocycles. The Balaban J connectivity index is 0.000000494. The predicted octanol–water partition coefficient (Wildman–Crippen LogP) is 1.11. The summed E-state index contributed by atoms with van der Waals surface area (Å²) >= 11 is 0. The van der Waals surface area contributed by atoms with Crippen molar-refractivity contribution in [3.05, 3.63) is 39.4 Å². The molecule has 0 saturated carbocycles. The number of hydrogen-bond acceptors (Lipinski definition) is 5. The third kappa shape index (κ3) is 6.55. The summed E-state index contributed by atoms with van der Waals surface area (Å²) in [5.74, 6) is -1.09. The van der Waals surface area contributed by atoms with Crippen LogP contribution in [0.5, 0.6) is 0 Å². The SMILES string of the molecule is CS(=O)(=O)O.Cc1cc(C(=O)O)ccc1[N+](=O)[O-]. The zero-order valence-electron chi connectivity index (χ0n) is 9.52. The van der Waals surface area contributed by atoms with E-state index in [1.807, 2.05) is 0 Å². The minimum Gasteiger partial charge on any atom is -0.478 e. The minimum atomic E-state index is -3.67. The Bertz CT molecular complexity index is 556. The van der Waals surface area contributed by atoms with Crippen LogP contribution in [0.4, 0.5) is 5.69 Å². The lowest BCUT2D eigenvalue weighted by atomic mass is 10.1. The predicted molar refractivity (Wildman–Crippen MR) is 62.3 cm³/mol. The first-order chi connectivity index (χ1) is 8.02. The molecule has 0 amide bonds. The number of rotatable bonds is 2. The maximum Gasteiger partial charge on any atom is 0.335 e. The molecule has 8 nitrogen and oxygen atoms in total. The van der Waals surface area contributed by atoms with E-state index in [9.17, 15) is 23.3 Å². The van der Waals surface area contributed by atoms with Crippen molar-refractivity contribution < 1.29 is 27.8 Å². The van der Waals surface area contributed by atoms with E-state index >= 15 is 0 Å². The van der Waals surface area contributed by atoms with Crippen molar-refractivity contribution >= 4 is 21.8 Å². The van der Waals surface area contributed by atoms with Crippen LogP contribution in [0.2, 0.25) is 0 Å². The Labute approximate surface area is 103 Å². The quantitative estimate of drug-likeness (QED) is 0.469.